The van der Waals surface area contributed by atoms with Crippen molar-refractivity contribution < 1.29 is 0 Å². The first-order chi connectivity index (χ1) is 10.0. The number of nitrogens with two attached hydrogens (primary N) is 1. The van der Waals surface area contributed by atoms with Crippen LogP contribution in [-0.4, -0.2) is 15.2 Å². The average Bonchev–Trinajstić information content (AvgIpc) is 2.94. The number of H-pyrrole nitrogens is 1. The minimum atomic E-state index is -0.388. The van der Waals surface area contributed by atoms with Crippen LogP contribution in [0.2, 0.25) is 0 Å². The average molecular weight is 388 g/mol. The minimum Gasteiger partial charge on any atom is -0.322 e. The fourth-order valence-electron chi connectivity index (χ4n) is 2.42. The Hall–Kier alpha value is -1.59. The summed E-state index contributed by atoms with van der Waals surface area (Å²) in [5.41, 5.74) is 10.7. The quantitative estimate of drug-likeness (QED) is 0.683. The van der Waals surface area contributed by atoms with E-state index in [-0.39, 0.29) is 42.8 Å². The molecule has 0 saturated carbocycles. The number of hydrogen-bond acceptors (Lipinski definition) is 3. The molecule has 0 atom stereocenters. The number of nitrogens with one attached hydrogen (secondary N) is 1. The molecule has 24 heavy (non-hydrogen) atoms. The maximum Gasteiger partial charge on any atom is 0.0708 e. The number of aromatic nitrogens is 3. The molecular weight excluding hydrogens is 367 g/mol. The summed E-state index contributed by atoms with van der Waals surface area (Å²) in [6.45, 7) is 7.85. The van der Waals surface area contributed by atoms with Crippen molar-refractivity contribution in [2.75, 3.05) is 0 Å². The molecule has 4 nitrogen and oxygen atoms in total. The molecule has 0 fully saturated rings. The lowest BCUT2D eigenvalue weighted by Crippen LogP contribution is -2.28. The van der Waals surface area contributed by atoms with Crippen molar-refractivity contribution in [2.45, 2.75) is 19.4 Å². The molecule has 0 unspecified atom stereocenters. The van der Waals surface area contributed by atoms with E-state index in [0.717, 1.165) is 33.3 Å². The van der Waals surface area contributed by atoms with Crippen LogP contribution in [0.15, 0.2) is 43.2 Å². The van der Waals surface area contributed by atoms with Gasteiger partial charge in [0.15, 0.2) is 0 Å². The molecule has 1 aromatic carbocycles. The second-order valence-corrected chi connectivity index (χ2v) is 5.72. The normalized spacial score (nSPS) is 10.3. The predicted octanol–water partition coefficient (Wildman–Crippen LogP) is 4.73. The van der Waals surface area contributed by atoms with Gasteiger partial charge in [-0.2, -0.15) is 5.10 Å². The van der Waals surface area contributed by atoms with Gasteiger partial charge in [0, 0.05) is 22.7 Å². The van der Waals surface area contributed by atoms with Crippen LogP contribution < -0.4 is 5.73 Å². The number of fused-ring (bicyclic) bond motifs is 1. The van der Waals surface area contributed by atoms with E-state index < -0.39 is 0 Å². The van der Waals surface area contributed by atoms with Gasteiger partial charge in [-0.15, -0.1) is 37.2 Å². The monoisotopic (exact) mass is 386 g/mol. The fourth-order valence-corrected chi connectivity index (χ4v) is 2.42. The zero-order chi connectivity index (χ0) is 15.0. The Labute approximate surface area is 160 Å². The van der Waals surface area contributed by atoms with Crippen molar-refractivity contribution in [3.63, 3.8) is 0 Å². The summed E-state index contributed by atoms with van der Waals surface area (Å²) in [5.74, 6) is 0. The Morgan fingerprint density at radius 1 is 1.08 bits per heavy atom. The van der Waals surface area contributed by atoms with Crippen molar-refractivity contribution >= 4 is 54.2 Å². The third-order valence-corrected chi connectivity index (χ3v) is 3.65. The Morgan fingerprint density at radius 3 is 2.33 bits per heavy atom. The summed E-state index contributed by atoms with van der Waals surface area (Å²) in [7, 11) is 0. The lowest BCUT2D eigenvalue weighted by Gasteiger charge is -2.18. The maximum absolute atomic E-state index is 6.09. The van der Waals surface area contributed by atoms with Crippen molar-refractivity contribution in [3.8, 4) is 11.3 Å². The molecule has 0 amide bonds. The van der Waals surface area contributed by atoms with Crippen LogP contribution in [0, 0.1) is 0 Å². The Morgan fingerprint density at radius 2 is 1.79 bits per heavy atom. The second-order valence-electron chi connectivity index (χ2n) is 5.72. The standard InChI is InChI=1S/C17H18N4.3ClH/c1-4-12-13(6-8-16-14(12)10-20-21-16)15-7-5-11(9-19-15)17(2,3)18;;;/h4-10H,1,18H2,2-3H3,(H,20,21);3*1H. The molecule has 0 radical (unpaired) electrons. The lowest BCUT2D eigenvalue weighted by atomic mass is 9.95. The van der Waals surface area contributed by atoms with Crippen molar-refractivity contribution in [2.24, 2.45) is 5.73 Å². The largest absolute Gasteiger partial charge is 0.322 e. The fraction of sp³-hybridized carbons (Fsp3) is 0.176. The van der Waals surface area contributed by atoms with Gasteiger partial charge >= 0.3 is 0 Å². The first kappa shape index (κ1) is 22.4. The molecule has 130 valence electrons. The number of hydrogen-bond donors (Lipinski definition) is 2. The molecule has 3 aromatic rings. The van der Waals surface area contributed by atoms with Crippen LogP contribution in [0.1, 0.15) is 25.0 Å². The number of pyridine rings is 1. The molecule has 3 rings (SSSR count). The number of aromatic amines is 1. The van der Waals surface area contributed by atoms with Gasteiger partial charge in [-0.1, -0.05) is 24.8 Å². The van der Waals surface area contributed by atoms with Crippen LogP contribution in [0.5, 0.6) is 0 Å². The molecule has 7 heteroatoms. The zero-order valence-corrected chi connectivity index (χ0v) is 15.9. The molecule has 2 heterocycles. The SMILES string of the molecule is C=Cc1c(-c2ccc(C(C)(C)N)cn2)ccc2[nH]ncc12.Cl.Cl.Cl. The van der Waals surface area contributed by atoms with Gasteiger partial charge in [-0.25, -0.2) is 0 Å². The zero-order valence-electron chi connectivity index (χ0n) is 13.4. The Bertz CT molecular complexity index is 805. The van der Waals surface area contributed by atoms with Gasteiger partial charge in [0.1, 0.15) is 0 Å². The molecule has 0 aliphatic rings. The summed E-state index contributed by atoms with van der Waals surface area (Å²) in [6.07, 6.45) is 5.49. The van der Waals surface area contributed by atoms with E-state index in [9.17, 15) is 0 Å². The maximum atomic E-state index is 6.09. The molecule has 0 spiro atoms. The number of benzene rings is 1. The summed E-state index contributed by atoms with van der Waals surface area (Å²) in [5, 5.41) is 8.10. The van der Waals surface area contributed by atoms with Crippen molar-refractivity contribution in [1.82, 2.24) is 15.2 Å². The van der Waals surface area contributed by atoms with E-state index in [1.807, 2.05) is 56.6 Å². The van der Waals surface area contributed by atoms with Crippen LogP contribution in [0.4, 0.5) is 0 Å². The molecular formula is C17H21Cl3N4. The predicted molar refractivity (Wildman–Crippen MR) is 108 cm³/mol. The summed E-state index contributed by atoms with van der Waals surface area (Å²) in [6, 6.07) is 8.06. The highest BCUT2D eigenvalue weighted by molar-refractivity contribution is 5.94. The van der Waals surface area contributed by atoms with Crippen LogP contribution in [-0.2, 0) is 5.54 Å². The number of nitrogens with zero attached hydrogens (tertiary/aromatic N) is 2. The molecule has 0 aliphatic carbocycles. The van der Waals surface area contributed by atoms with Crippen molar-refractivity contribution in [3.05, 3.63) is 54.4 Å². The number of halogens is 3. The molecule has 0 aliphatic heterocycles. The van der Waals surface area contributed by atoms with Crippen LogP contribution in [0.25, 0.3) is 28.2 Å². The van der Waals surface area contributed by atoms with E-state index in [1.165, 1.54) is 0 Å². The van der Waals surface area contributed by atoms with Gasteiger partial charge < -0.3 is 5.73 Å². The first-order valence-corrected chi connectivity index (χ1v) is 6.85. The van der Waals surface area contributed by atoms with Crippen LogP contribution in [0.3, 0.4) is 0 Å². The van der Waals surface area contributed by atoms with Crippen LogP contribution >= 0.6 is 37.2 Å². The van der Waals surface area contributed by atoms with Gasteiger partial charge in [-0.05, 0) is 37.1 Å². The van der Waals surface area contributed by atoms with Crippen molar-refractivity contribution in [1.29, 1.82) is 0 Å². The van der Waals surface area contributed by atoms with E-state index >= 15 is 0 Å². The Kier molecular flexibility index (Phi) is 7.93. The smallest absolute Gasteiger partial charge is 0.0708 e. The highest BCUT2D eigenvalue weighted by Crippen LogP contribution is 2.30. The molecule has 2 aromatic heterocycles. The van der Waals surface area contributed by atoms with E-state index in [2.05, 4.69) is 21.8 Å². The minimum absolute atomic E-state index is 0. The first-order valence-electron chi connectivity index (χ1n) is 6.85. The van der Waals surface area contributed by atoms with E-state index in [1.54, 1.807) is 0 Å². The van der Waals surface area contributed by atoms with E-state index in [4.69, 9.17) is 5.73 Å². The molecule has 0 saturated heterocycles. The topological polar surface area (TPSA) is 67.6 Å². The summed E-state index contributed by atoms with van der Waals surface area (Å²) >= 11 is 0. The van der Waals surface area contributed by atoms with Gasteiger partial charge in [-0.3, -0.25) is 10.1 Å². The molecule has 3 N–H and O–H groups in total. The van der Waals surface area contributed by atoms with Gasteiger partial charge in [0.2, 0.25) is 0 Å². The highest BCUT2D eigenvalue weighted by Gasteiger charge is 2.15. The van der Waals surface area contributed by atoms with E-state index in [0.29, 0.717) is 0 Å². The van der Waals surface area contributed by atoms with Gasteiger partial charge in [0.05, 0.1) is 17.4 Å². The Balaban J connectivity index is 0.00000176. The third-order valence-electron chi connectivity index (χ3n) is 3.65. The highest BCUT2D eigenvalue weighted by atomic mass is 35.5. The number of rotatable bonds is 3. The third kappa shape index (κ3) is 4.08. The summed E-state index contributed by atoms with van der Waals surface area (Å²) < 4.78 is 0. The lowest BCUT2D eigenvalue weighted by molar-refractivity contribution is 0.552. The van der Waals surface area contributed by atoms with Gasteiger partial charge in [0.25, 0.3) is 0 Å². The molecule has 0 bridgehead atoms. The summed E-state index contributed by atoms with van der Waals surface area (Å²) in [4.78, 5) is 4.56. The second kappa shape index (κ2) is 8.49.